The zero-order chi connectivity index (χ0) is 13.6. The first-order valence-corrected chi connectivity index (χ1v) is 7.39. The molecule has 1 saturated heterocycles. The van der Waals surface area contributed by atoms with Crippen LogP contribution in [0.5, 0.6) is 0 Å². The van der Waals surface area contributed by atoms with Crippen molar-refractivity contribution < 1.29 is 4.79 Å². The van der Waals surface area contributed by atoms with Gasteiger partial charge in [-0.15, -0.1) is 0 Å². The van der Waals surface area contributed by atoms with E-state index in [1.807, 2.05) is 17.0 Å². The van der Waals surface area contributed by atoms with Crippen LogP contribution in [0.25, 0.3) is 0 Å². The van der Waals surface area contributed by atoms with Gasteiger partial charge in [-0.25, -0.2) is 0 Å². The molecule has 2 heteroatoms. The van der Waals surface area contributed by atoms with Gasteiger partial charge in [0, 0.05) is 18.7 Å². The number of carbonyl (C=O) groups is 1. The topological polar surface area (TPSA) is 20.3 Å². The molecule has 2 atom stereocenters. The van der Waals surface area contributed by atoms with E-state index in [-0.39, 0.29) is 5.91 Å². The van der Waals surface area contributed by atoms with E-state index < -0.39 is 0 Å². The highest BCUT2D eigenvalue weighted by Gasteiger charge is 2.39. The molecule has 0 bridgehead atoms. The Morgan fingerprint density at radius 2 is 2.11 bits per heavy atom. The van der Waals surface area contributed by atoms with E-state index in [1.54, 1.807) is 0 Å². The lowest BCUT2D eigenvalue weighted by molar-refractivity contribution is 0.0236. The van der Waals surface area contributed by atoms with Crippen LogP contribution in [0.15, 0.2) is 24.3 Å². The molecule has 1 aliphatic heterocycles. The third-order valence-electron chi connectivity index (χ3n) is 4.53. The second-order valence-corrected chi connectivity index (χ2v) is 6.96. The third-order valence-corrected chi connectivity index (χ3v) is 4.53. The molecule has 1 saturated carbocycles. The molecule has 1 amide bonds. The molecule has 2 fully saturated rings. The van der Waals surface area contributed by atoms with E-state index in [0.717, 1.165) is 24.6 Å². The molecule has 0 radical (unpaired) electrons. The molecule has 102 valence electrons. The second-order valence-electron chi connectivity index (χ2n) is 6.96. The Balaban J connectivity index is 1.72. The van der Waals surface area contributed by atoms with Gasteiger partial charge in [0.15, 0.2) is 0 Å². The number of likely N-dealkylation sites (tertiary alicyclic amines) is 1. The van der Waals surface area contributed by atoms with Crippen molar-refractivity contribution in [2.45, 2.75) is 39.5 Å². The normalized spacial score (nSPS) is 27.8. The molecule has 0 N–H and O–H groups in total. The van der Waals surface area contributed by atoms with Gasteiger partial charge >= 0.3 is 0 Å². The summed E-state index contributed by atoms with van der Waals surface area (Å²) in [7, 11) is 0. The van der Waals surface area contributed by atoms with E-state index in [9.17, 15) is 4.79 Å². The summed E-state index contributed by atoms with van der Waals surface area (Å²) in [4.78, 5) is 14.3. The second kappa shape index (κ2) is 4.36. The Morgan fingerprint density at radius 3 is 2.68 bits per heavy atom. The average Bonchev–Trinajstić information content (AvgIpc) is 3.14. The molecule has 2 nitrogen and oxygen atoms in total. The van der Waals surface area contributed by atoms with Gasteiger partial charge < -0.3 is 4.90 Å². The first kappa shape index (κ1) is 12.7. The van der Waals surface area contributed by atoms with Gasteiger partial charge in [0.2, 0.25) is 0 Å². The fourth-order valence-corrected chi connectivity index (χ4v) is 3.32. The van der Waals surface area contributed by atoms with Crippen molar-refractivity contribution in [3.05, 3.63) is 35.4 Å². The van der Waals surface area contributed by atoms with Gasteiger partial charge in [0.25, 0.3) is 5.91 Å². The smallest absolute Gasteiger partial charge is 0.253 e. The number of rotatable bonds is 3. The lowest BCUT2D eigenvalue weighted by atomic mass is 9.84. The molecule has 2 aliphatic rings. The van der Waals surface area contributed by atoms with E-state index in [2.05, 4.69) is 32.9 Å². The highest BCUT2D eigenvalue weighted by molar-refractivity contribution is 5.95. The SMILES string of the molecule is CC[C@H]1C[C@@H]1c1cccc(C(=O)N2CC(C)(C)C2)c1. The highest BCUT2D eigenvalue weighted by atomic mass is 16.2. The van der Waals surface area contributed by atoms with Gasteiger partial charge in [-0.1, -0.05) is 39.3 Å². The van der Waals surface area contributed by atoms with Crippen LogP contribution >= 0.6 is 0 Å². The molecular formula is C17H23NO. The Labute approximate surface area is 115 Å². The molecule has 0 aromatic heterocycles. The fraction of sp³-hybridized carbons (Fsp3) is 0.588. The van der Waals surface area contributed by atoms with Crippen molar-refractivity contribution in [2.24, 2.45) is 11.3 Å². The fourth-order valence-electron chi connectivity index (χ4n) is 3.32. The zero-order valence-corrected chi connectivity index (χ0v) is 12.1. The van der Waals surface area contributed by atoms with Crippen LogP contribution < -0.4 is 0 Å². The number of amides is 1. The molecule has 1 aliphatic carbocycles. The maximum absolute atomic E-state index is 12.4. The lowest BCUT2D eigenvalue weighted by Crippen LogP contribution is -2.55. The molecule has 1 aromatic carbocycles. The van der Waals surface area contributed by atoms with Crippen molar-refractivity contribution in [2.75, 3.05) is 13.1 Å². The monoisotopic (exact) mass is 257 g/mol. The van der Waals surface area contributed by atoms with Crippen molar-refractivity contribution >= 4 is 5.91 Å². The highest BCUT2D eigenvalue weighted by Crippen LogP contribution is 2.49. The quantitative estimate of drug-likeness (QED) is 0.809. The van der Waals surface area contributed by atoms with Gasteiger partial charge in [-0.3, -0.25) is 4.79 Å². The first-order valence-electron chi connectivity index (χ1n) is 7.39. The molecule has 0 unspecified atom stereocenters. The maximum Gasteiger partial charge on any atom is 0.253 e. The van der Waals surface area contributed by atoms with Crippen LogP contribution in [0.3, 0.4) is 0 Å². The van der Waals surface area contributed by atoms with Gasteiger partial charge in [-0.05, 0) is 41.4 Å². The van der Waals surface area contributed by atoms with Crippen LogP contribution in [0, 0.1) is 11.3 Å². The largest absolute Gasteiger partial charge is 0.337 e. The molecule has 1 heterocycles. The summed E-state index contributed by atoms with van der Waals surface area (Å²) in [6.45, 7) is 8.45. The number of hydrogen-bond acceptors (Lipinski definition) is 1. The minimum atomic E-state index is 0.204. The predicted octanol–water partition coefficient (Wildman–Crippen LogP) is 3.68. The standard InChI is InChI=1S/C17H23NO/c1-4-12-9-15(12)13-6-5-7-14(8-13)16(19)18-10-17(2,3)11-18/h5-8,12,15H,4,9-11H2,1-3H3/t12-,15-/m0/s1. The van der Waals surface area contributed by atoms with Crippen LogP contribution in [-0.4, -0.2) is 23.9 Å². The van der Waals surface area contributed by atoms with Gasteiger partial charge in [0.1, 0.15) is 0 Å². The summed E-state index contributed by atoms with van der Waals surface area (Å²) in [6, 6.07) is 8.30. The third kappa shape index (κ3) is 2.41. The van der Waals surface area contributed by atoms with Crippen molar-refractivity contribution in [1.82, 2.24) is 4.90 Å². The summed E-state index contributed by atoms with van der Waals surface area (Å²) in [5, 5.41) is 0. The van der Waals surface area contributed by atoms with E-state index in [1.165, 1.54) is 18.4 Å². The Bertz CT molecular complexity index is 498. The van der Waals surface area contributed by atoms with E-state index >= 15 is 0 Å². The molecule has 3 rings (SSSR count). The minimum Gasteiger partial charge on any atom is -0.337 e. The summed E-state index contributed by atoms with van der Waals surface area (Å²) >= 11 is 0. The van der Waals surface area contributed by atoms with Crippen LogP contribution in [0.4, 0.5) is 0 Å². The predicted molar refractivity (Wildman–Crippen MR) is 77.3 cm³/mol. The van der Waals surface area contributed by atoms with E-state index in [4.69, 9.17) is 0 Å². The Morgan fingerprint density at radius 1 is 1.37 bits per heavy atom. The molecular weight excluding hydrogens is 234 g/mol. The lowest BCUT2D eigenvalue weighted by Gasteiger charge is -2.45. The zero-order valence-electron chi connectivity index (χ0n) is 12.1. The van der Waals surface area contributed by atoms with Gasteiger partial charge in [-0.2, -0.15) is 0 Å². The van der Waals surface area contributed by atoms with Crippen LogP contribution in [-0.2, 0) is 0 Å². The number of carbonyl (C=O) groups excluding carboxylic acids is 1. The summed E-state index contributed by atoms with van der Waals surface area (Å²) in [5.74, 6) is 1.74. The molecule has 0 spiro atoms. The minimum absolute atomic E-state index is 0.204. The van der Waals surface area contributed by atoms with Crippen LogP contribution in [0.2, 0.25) is 0 Å². The summed E-state index contributed by atoms with van der Waals surface area (Å²) < 4.78 is 0. The summed E-state index contributed by atoms with van der Waals surface area (Å²) in [6.07, 6.45) is 2.55. The van der Waals surface area contributed by atoms with E-state index in [0.29, 0.717) is 11.3 Å². The Kier molecular flexibility index (Phi) is 2.92. The molecule has 19 heavy (non-hydrogen) atoms. The van der Waals surface area contributed by atoms with Crippen LogP contribution in [0.1, 0.15) is 55.5 Å². The van der Waals surface area contributed by atoms with Crippen molar-refractivity contribution in [3.8, 4) is 0 Å². The number of benzene rings is 1. The summed E-state index contributed by atoms with van der Waals surface area (Å²) in [5.41, 5.74) is 2.53. The maximum atomic E-state index is 12.4. The first-order chi connectivity index (χ1) is 9.00. The average molecular weight is 257 g/mol. The molecule has 1 aromatic rings. The van der Waals surface area contributed by atoms with Crippen molar-refractivity contribution in [3.63, 3.8) is 0 Å². The Hall–Kier alpha value is -1.31. The number of hydrogen-bond donors (Lipinski definition) is 0. The van der Waals surface area contributed by atoms with Crippen molar-refractivity contribution in [1.29, 1.82) is 0 Å². The van der Waals surface area contributed by atoms with Gasteiger partial charge in [0.05, 0.1) is 0 Å². The number of nitrogens with zero attached hydrogens (tertiary/aromatic N) is 1.